The summed E-state index contributed by atoms with van der Waals surface area (Å²) in [6, 6.07) is 6.12. The third-order valence-electron chi connectivity index (χ3n) is 2.70. The maximum Gasteiger partial charge on any atom is 0.170 e. The van der Waals surface area contributed by atoms with Crippen LogP contribution in [0.15, 0.2) is 22.7 Å². The van der Waals surface area contributed by atoms with Crippen LogP contribution in [-0.2, 0) is 6.54 Å². The standard InChI is InChI=1S/C13H18BrN5/c1-9(2)7-15-8-13-16-17-18-19(13)12-5-4-10(3)6-11(12)14/h4-6,9,15H,7-8H2,1-3H3. The Bertz CT molecular complexity index is 550. The molecule has 0 amide bonds. The molecule has 0 radical (unpaired) electrons. The predicted octanol–water partition coefficient (Wildman–Crippen LogP) is 2.48. The molecule has 0 saturated heterocycles. The minimum atomic E-state index is 0.607. The highest BCUT2D eigenvalue weighted by Crippen LogP contribution is 2.22. The second-order valence-electron chi connectivity index (χ2n) is 4.99. The quantitative estimate of drug-likeness (QED) is 0.918. The number of tetrazole rings is 1. The Kier molecular flexibility index (Phi) is 4.66. The van der Waals surface area contributed by atoms with Crippen LogP contribution in [-0.4, -0.2) is 26.8 Å². The van der Waals surface area contributed by atoms with Crippen LogP contribution < -0.4 is 5.32 Å². The molecule has 1 aromatic carbocycles. The number of aryl methyl sites for hydroxylation is 1. The molecule has 0 aliphatic rings. The SMILES string of the molecule is Cc1ccc(-n2nnnc2CNCC(C)C)c(Br)c1. The number of halogens is 1. The molecule has 2 aromatic rings. The Labute approximate surface area is 121 Å². The maximum absolute atomic E-state index is 4.07. The second-order valence-corrected chi connectivity index (χ2v) is 5.84. The van der Waals surface area contributed by atoms with Gasteiger partial charge in [0.15, 0.2) is 5.82 Å². The molecule has 19 heavy (non-hydrogen) atoms. The molecular weight excluding hydrogens is 306 g/mol. The zero-order chi connectivity index (χ0) is 13.8. The molecule has 1 N–H and O–H groups in total. The van der Waals surface area contributed by atoms with Crippen LogP contribution in [0.3, 0.4) is 0 Å². The molecule has 0 unspecified atom stereocenters. The zero-order valence-electron chi connectivity index (χ0n) is 11.4. The van der Waals surface area contributed by atoms with Crippen molar-refractivity contribution >= 4 is 15.9 Å². The summed E-state index contributed by atoms with van der Waals surface area (Å²) < 4.78 is 2.75. The highest BCUT2D eigenvalue weighted by atomic mass is 79.9. The van der Waals surface area contributed by atoms with Gasteiger partial charge in [-0.15, -0.1) is 5.10 Å². The number of nitrogens with zero attached hydrogens (tertiary/aromatic N) is 4. The summed E-state index contributed by atoms with van der Waals surface area (Å²) in [6.07, 6.45) is 0. The molecule has 0 aliphatic carbocycles. The van der Waals surface area contributed by atoms with Crippen LogP contribution in [0.2, 0.25) is 0 Å². The molecule has 1 aromatic heterocycles. The highest BCUT2D eigenvalue weighted by molar-refractivity contribution is 9.10. The van der Waals surface area contributed by atoms with E-state index in [-0.39, 0.29) is 0 Å². The lowest BCUT2D eigenvalue weighted by atomic mass is 10.2. The molecule has 0 saturated carbocycles. The van der Waals surface area contributed by atoms with Gasteiger partial charge in [0.05, 0.1) is 12.2 Å². The molecule has 0 spiro atoms. The van der Waals surface area contributed by atoms with E-state index in [1.165, 1.54) is 5.56 Å². The summed E-state index contributed by atoms with van der Waals surface area (Å²) in [4.78, 5) is 0. The maximum atomic E-state index is 4.07. The zero-order valence-corrected chi connectivity index (χ0v) is 13.0. The minimum Gasteiger partial charge on any atom is -0.310 e. The monoisotopic (exact) mass is 323 g/mol. The summed E-state index contributed by atoms with van der Waals surface area (Å²) in [6.45, 7) is 8.01. The number of aromatic nitrogens is 4. The normalized spacial score (nSPS) is 11.2. The molecule has 0 atom stereocenters. The van der Waals surface area contributed by atoms with Crippen LogP contribution in [0, 0.1) is 12.8 Å². The van der Waals surface area contributed by atoms with Gasteiger partial charge in [-0.3, -0.25) is 0 Å². The summed E-state index contributed by atoms with van der Waals surface area (Å²) >= 11 is 3.56. The molecule has 6 heteroatoms. The largest absolute Gasteiger partial charge is 0.310 e. The average molecular weight is 324 g/mol. The summed E-state index contributed by atoms with van der Waals surface area (Å²) in [5.41, 5.74) is 2.15. The van der Waals surface area contributed by atoms with Gasteiger partial charge in [0, 0.05) is 4.47 Å². The Morgan fingerprint density at radius 1 is 1.37 bits per heavy atom. The summed E-state index contributed by atoms with van der Waals surface area (Å²) in [7, 11) is 0. The van der Waals surface area contributed by atoms with Crippen molar-refractivity contribution in [3.63, 3.8) is 0 Å². The molecule has 2 rings (SSSR count). The number of hydrogen-bond acceptors (Lipinski definition) is 4. The van der Waals surface area contributed by atoms with Gasteiger partial charge in [0.2, 0.25) is 0 Å². The van der Waals surface area contributed by atoms with Crippen LogP contribution in [0.25, 0.3) is 5.69 Å². The molecule has 5 nitrogen and oxygen atoms in total. The van der Waals surface area contributed by atoms with Crippen LogP contribution >= 0.6 is 15.9 Å². The van der Waals surface area contributed by atoms with E-state index in [9.17, 15) is 0 Å². The van der Waals surface area contributed by atoms with Crippen molar-refractivity contribution in [3.05, 3.63) is 34.1 Å². The van der Waals surface area contributed by atoms with Crippen molar-refractivity contribution in [1.29, 1.82) is 0 Å². The average Bonchev–Trinajstić information content (AvgIpc) is 2.77. The van der Waals surface area contributed by atoms with Gasteiger partial charge in [-0.1, -0.05) is 19.9 Å². The van der Waals surface area contributed by atoms with Crippen molar-refractivity contribution in [2.24, 2.45) is 5.92 Å². The van der Waals surface area contributed by atoms with Gasteiger partial charge in [0.1, 0.15) is 0 Å². The van der Waals surface area contributed by atoms with Crippen LogP contribution in [0.5, 0.6) is 0 Å². The third-order valence-corrected chi connectivity index (χ3v) is 3.34. The van der Waals surface area contributed by atoms with E-state index in [1.54, 1.807) is 4.68 Å². The van der Waals surface area contributed by atoms with Crippen LogP contribution in [0.1, 0.15) is 25.2 Å². The van der Waals surface area contributed by atoms with Crippen molar-refractivity contribution in [2.75, 3.05) is 6.54 Å². The van der Waals surface area contributed by atoms with Crippen molar-refractivity contribution in [1.82, 2.24) is 25.5 Å². The molecular formula is C13H18BrN5. The van der Waals surface area contributed by atoms with E-state index in [1.807, 2.05) is 12.1 Å². The smallest absolute Gasteiger partial charge is 0.170 e. The summed E-state index contributed by atoms with van der Waals surface area (Å²) in [5, 5.41) is 15.2. The van der Waals surface area contributed by atoms with Gasteiger partial charge < -0.3 is 5.32 Å². The number of nitrogens with one attached hydrogen (secondary N) is 1. The Balaban J connectivity index is 2.19. The summed E-state index contributed by atoms with van der Waals surface area (Å²) in [5.74, 6) is 1.42. The number of rotatable bonds is 5. The van der Waals surface area contributed by atoms with Gasteiger partial charge in [-0.2, -0.15) is 4.68 Å². The van der Waals surface area contributed by atoms with E-state index in [2.05, 4.69) is 63.6 Å². The highest BCUT2D eigenvalue weighted by Gasteiger charge is 2.11. The van der Waals surface area contributed by atoms with Gasteiger partial charge in [-0.05, 0) is 63.4 Å². The molecule has 1 heterocycles. The Hall–Kier alpha value is -1.27. The van der Waals surface area contributed by atoms with E-state index >= 15 is 0 Å². The molecule has 0 fully saturated rings. The van der Waals surface area contributed by atoms with Crippen molar-refractivity contribution < 1.29 is 0 Å². The van der Waals surface area contributed by atoms with E-state index in [4.69, 9.17) is 0 Å². The fourth-order valence-electron chi connectivity index (χ4n) is 1.76. The lowest BCUT2D eigenvalue weighted by Gasteiger charge is -2.09. The lowest BCUT2D eigenvalue weighted by Crippen LogP contribution is -2.21. The van der Waals surface area contributed by atoms with E-state index in [0.29, 0.717) is 12.5 Å². The first-order chi connectivity index (χ1) is 9.08. The molecule has 0 aliphatic heterocycles. The molecule has 102 valence electrons. The molecule has 0 bridgehead atoms. The fourth-order valence-corrected chi connectivity index (χ4v) is 2.42. The first-order valence-corrected chi connectivity index (χ1v) is 7.11. The van der Waals surface area contributed by atoms with E-state index in [0.717, 1.165) is 22.5 Å². The van der Waals surface area contributed by atoms with Gasteiger partial charge >= 0.3 is 0 Å². The number of benzene rings is 1. The van der Waals surface area contributed by atoms with E-state index < -0.39 is 0 Å². The third kappa shape index (κ3) is 3.61. The fraction of sp³-hybridized carbons (Fsp3) is 0.462. The topological polar surface area (TPSA) is 55.6 Å². The second kappa shape index (κ2) is 6.25. The predicted molar refractivity (Wildman–Crippen MR) is 78.1 cm³/mol. The minimum absolute atomic E-state index is 0.607. The van der Waals surface area contributed by atoms with Crippen molar-refractivity contribution in [2.45, 2.75) is 27.3 Å². The lowest BCUT2D eigenvalue weighted by molar-refractivity contribution is 0.537. The Morgan fingerprint density at radius 3 is 2.84 bits per heavy atom. The van der Waals surface area contributed by atoms with Crippen LogP contribution in [0.4, 0.5) is 0 Å². The van der Waals surface area contributed by atoms with Gasteiger partial charge in [-0.25, -0.2) is 0 Å². The number of hydrogen-bond donors (Lipinski definition) is 1. The first-order valence-electron chi connectivity index (χ1n) is 6.32. The van der Waals surface area contributed by atoms with Crippen molar-refractivity contribution in [3.8, 4) is 5.69 Å². The first kappa shape index (κ1) is 14.1. The Morgan fingerprint density at radius 2 is 2.16 bits per heavy atom. The van der Waals surface area contributed by atoms with Gasteiger partial charge in [0.25, 0.3) is 0 Å².